The molecule has 0 unspecified atom stereocenters. The van der Waals surface area contributed by atoms with Crippen LogP contribution in [0.1, 0.15) is 38.4 Å². The number of nitrogens with one attached hydrogen (secondary N) is 1. The Hall–Kier alpha value is -1.56. The van der Waals surface area contributed by atoms with Crippen molar-refractivity contribution >= 4 is 46.0 Å². The van der Waals surface area contributed by atoms with E-state index in [4.69, 9.17) is 0 Å². The van der Waals surface area contributed by atoms with Gasteiger partial charge in [0.05, 0.1) is 22.2 Å². The van der Waals surface area contributed by atoms with Crippen molar-refractivity contribution in [2.24, 2.45) is 5.41 Å². The molecular formula is C23H31IN4O3S. The molecule has 174 valence electrons. The largest absolute Gasteiger partial charge is 0.391 e. The predicted molar refractivity (Wildman–Crippen MR) is 135 cm³/mol. The summed E-state index contributed by atoms with van der Waals surface area (Å²) in [6, 6.07) is 6.97. The van der Waals surface area contributed by atoms with Gasteiger partial charge in [-0.3, -0.25) is 9.59 Å². The van der Waals surface area contributed by atoms with E-state index < -0.39 is 18.2 Å². The second kappa shape index (κ2) is 10.1. The Morgan fingerprint density at radius 1 is 1.34 bits per heavy atom. The zero-order chi connectivity index (χ0) is 23.6. The van der Waals surface area contributed by atoms with Crippen LogP contribution in [0, 0.1) is 12.3 Å². The summed E-state index contributed by atoms with van der Waals surface area (Å²) in [4.78, 5) is 33.3. The molecule has 1 aromatic carbocycles. The molecule has 2 heterocycles. The number of likely N-dealkylation sites (tertiary alicyclic amines) is 1. The molecule has 1 fully saturated rings. The van der Waals surface area contributed by atoms with E-state index in [2.05, 4.69) is 33.2 Å². The molecule has 0 saturated carbocycles. The monoisotopic (exact) mass is 570 g/mol. The molecule has 0 spiro atoms. The first-order chi connectivity index (χ1) is 15.0. The fourth-order valence-electron chi connectivity index (χ4n) is 4.18. The molecule has 1 aliphatic rings. The molecule has 1 saturated heterocycles. The van der Waals surface area contributed by atoms with Gasteiger partial charge in [0, 0.05) is 42.4 Å². The first-order valence-corrected chi connectivity index (χ1v) is 12.5. The molecule has 1 aliphatic heterocycles. The smallest absolute Gasteiger partial charge is 0.243 e. The minimum atomic E-state index is -0.697. The maximum atomic E-state index is 13.3. The third-order valence-corrected chi connectivity index (χ3v) is 7.24. The van der Waals surface area contributed by atoms with Crippen LogP contribution in [-0.4, -0.2) is 61.7 Å². The van der Waals surface area contributed by atoms with E-state index in [1.165, 1.54) is 0 Å². The highest BCUT2D eigenvalue weighted by molar-refractivity contribution is 14.1. The average molecular weight is 570 g/mol. The third kappa shape index (κ3) is 5.67. The Morgan fingerprint density at radius 2 is 2.00 bits per heavy atom. The van der Waals surface area contributed by atoms with Gasteiger partial charge in [0.15, 0.2) is 0 Å². The molecule has 3 atom stereocenters. The number of hydrogen-bond donors (Lipinski definition) is 2. The molecule has 0 bridgehead atoms. The summed E-state index contributed by atoms with van der Waals surface area (Å²) in [5, 5.41) is 13.2. The van der Waals surface area contributed by atoms with Crippen LogP contribution < -0.4 is 5.32 Å². The van der Waals surface area contributed by atoms with Crippen molar-refractivity contribution in [3.63, 3.8) is 0 Å². The number of aryl methyl sites for hydroxylation is 1. The summed E-state index contributed by atoms with van der Waals surface area (Å²) >= 11 is 3.72. The van der Waals surface area contributed by atoms with Gasteiger partial charge in [-0.2, -0.15) is 0 Å². The SMILES string of the molecule is Cc1ncsc1-c1ccc(CNC(=O)[C@@H]2C[C@@H](O)CN2C(=O)[C@@H](N(C)I)C(C)(C)C)cc1. The summed E-state index contributed by atoms with van der Waals surface area (Å²) in [7, 11) is 1.85. The van der Waals surface area contributed by atoms with Crippen LogP contribution in [0.5, 0.6) is 0 Å². The first kappa shape index (κ1) is 25.1. The summed E-state index contributed by atoms with van der Waals surface area (Å²) < 4.78 is 1.85. The van der Waals surface area contributed by atoms with Crippen LogP contribution in [-0.2, 0) is 16.1 Å². The number of amides is 2. The molecule has 0 radical (unpaired) electrons. The number of thiazole rings is 1. The molecule has 7 nitrogen and oxygen atoms in total. The van der Waals surface area contributed by atoms with E-state index >= 15 is 0 Å². The Labute approximate surface area is 207 Å². The Kier molecular flexibility index (Phi) is 7.95. The van der Waals surface area contributed by atoms with E-state index in [1.54, 1.807) is 16.2 Å². The van der Waals surface area contributed by atoms with Crippen molar-refractivity contribution in [3.8, 4) is 10.4 Å². The molecule has 0 aliphatic carbocycles. The standard InChI is InChI=1S/C23H31IN4O3S/c1-14-19(32-13-26-14)16-8-6-15(7-9-16)11-25-21(30)18-10-17(29)12-28(18)22(31)20(27(5)24)23(2,3)4/h6-9,13,17-18,20,29H,10-12H2,1-5H3,(H,25,30)/t17-,18+,20-/m1/s1. The van der Waals surface area contributed by atoms with Crippen LogP contribution in [0.15, 0.2) is 29.8 Å². The maximum absolute atomic E-state index is 13.3. The number of carbonyl (C=O) groups excluding carboxylic acids is 2. The zero-order valence-electron chi connectivity index (χ0n) is 19.1. The topological polar surface area (TPSA) is 85.8 Å². The number of aliphatic hydroxyl groups excluding tert-OH is 1. The summed E-state index contributed by atoms with van der Waals surface area (Å²) in [5.74, 6) is -0.364. The molecular weight excluding hydrogens is 539 g/mol. The summed E-state index contributed by atoms with van der Waals surface area (Å²) in [5.41, 5.74) is 4.61. The molecule has 9 heteroatoms. The summed E-state index contributed by atoms with van der Waals surface area (Å²) in [6.45, 7) is 8.54. The van der Waals surface area contributed by atoms with Gasteiger partial charge >= 0.3 is 0 Å². The number of benzene rings is 1. The van der Waals surface area contributed by atoms with Crippen molar-refractivity contribution < 1.29 is 14.7 Å². The number of halogens is 1. The molecule has 2 aromatic rings. The highest BCUT2D eigenvalue weighted by Crippen LogP contribution is 2.31. The minimum absolute atomic E-state index is 0.129. The van der Waals surface area contributed by atoms with Crippen LogP contribution in [0.25, 0.3) is 10.4 Å². The molecule has 2 amide bonds. The van der Waals surface area contributed by atoms with Crippen molar-refractivity contribution in [1.82, 2.24) is 18.3 Å². The number of likely N-dealkylation sites (N-methyl/N-ethyl adjacent to an activating group) is 1. The van der Waals surface area contributed by atoms with Crippen LogP contribution >= 0.6 is 34.2 Å². The van der Waals surface area contributed by atoms with Crippen molar-refractivity contribution in [2.45, 2.75) is 58.8 Å². The lowest BCUT2D eigenvalue weighted by molar-refractivity contribution is -0.143. The first-order valence-electron chi connectivity index (χ1n) is 10.6. The van der Waals surface area contributed by atoms with E-state index in [9.17, 15) is 14.7 Å². The van der Waals surface area contributed by atoms with E-state index in [0.29, 0.717) is 6.54 Å². The predicted octanol–water partition coefficient (Wildman–Crippen LogP) is 3.39. The quantitative estimate of drug-likeness (QED) is 0.411. The van der Waals surface area contributed by atoms with Gasteiger partial charge in [-0.15, -0.1) is 11.3 Å². The van der Waals surface area contributed by atoms with Crippen LogP contribution in [0.4, 0.5) is 0 Å². The average Bonchev–Trinajstić information content (AvgIpc) is 3.30. The second-order valence-electron chi connectivity index (χ2n) is 9.37. The Morgan fingerprint density at radius 3 is 2.53 bits per heavy atom. The lowest BCUT2D eigenvalue weighted by Gasteiger charge is -2.37. The highest BCUT2D eigenvalue weighted by Gasteiger charge is 2.44. The second-order valence-corrected chi connectivity index (χ2v) is 11.7. The lowest BCUT2D eigenvalue weighted by atomic mass is 9.86. The normalized spacial score (nSPS) is 19.9. The fourth-order valence-corrected chi connectivity index (χ4v) is 6.06. The van der Waals surface area contributed by atoms with Gasteiger partial charge in [-0.05, 0) is 30.5 Å². The molecule has 32 heavy (non-hydrogen) atoms. The third-order valence-electron chi connectivity index (χ3n) is 5.70. The molecule has 3 rings (SSSR count). The van der Waals surface area contributed by atoms with Gasteiger partial charge in [0.25, 0.3) is 0 Å². The number of aromatic nitrogens is 1. The fraction of sp³-hybridized carbons (Fsp3) is 0.522. The van der Waals surface area contributed by atoms with E-state index in [1.807, 2.05) is 67.6 Å². The van der Waals surface area contributed by atoms with Crippen molar-refractivity contribution in [3.05, 3.63) is 41.0 Å². The Bertz CT molecular complexity index is 955. The summed E-state index contributed by atoms with van der Waals surface area (Å²) in [6.07, 6.45) is -0.444. The number of aliphatic hydroxyl groups is 1. The van der Waals surface area contributed by atoms with Crippen molar-refractivity contribution in [2.75, 3.05) is 13.6 Å². The van der Waals surface area contributed by atoms with Crippen molar-refractivity contribution in [1.29, 1.82) is 0 Å². The van der Waals surface area contributed by atoms with Gasteiger partial charge < -0.3 is 15.3 Å². The number of hydrogen-bond acceptors (Lipinski definition) is 6. The van der Waals surface area contributed by atoms with Gasteiger partial charge in [0.2, 0.25) is 11.8 Å². The maximum Gasteiger partial charge on any atom is 0.243 e. The number of nitrogens with zero attached hydrogens (tertiary/aromatic N) is 3. The number of carbonyl (C=O) groups is 2. The minimum Gasteiger partial charge on any atom is -0.391 e. The number of rotatable bonds is 6. The lowest BCUT2D eigenvalue weighted by Crippen LogP contribution is -2.55. The molecule has 1 aromatic heterocycles. The van der Waals surface area contributed by atoms with Gasteiger partial charge in [-0.25, -0.2) is 8.10 Å². The Balaban J connectivity index is 1.67. The zero-order valence-corrected chi connectivity index (χ0v) is 22.1. The highest BCUT2D eigenvalue weighted by atomic mass is 127. The number of β-amino-alcohol motifs (C(OH)–C–C–N with tert-alkyl or cyclic N) is 1. The molecule has 2 N–H and O–H groups in total. The van der Waals surface area contributed by atoms with E-state index in [0.717, 1.165) is 21.7 Å². The van der Waals surface area contributed by atoms with Crippen LogP contribution in [0.3, 0.4) is 0 Å². The van der Waals surface area contributed by atoms with Gasteiger partial charge in [-0.1, -0.05) is 45.0 Å². The van der Waals surface area contributed by atoms with Crippen LogP contribution in [0.2, 0.25) is 0 Å². The van der Waals surface area contributed by atoms with Gasteiger partial charge in [0.1, 0.15) is 12.1 Å². The van der Waals surface area contributed by atoms with E-state index in [-0.39, 0.29) is 30.2 Å².